The summed E-state index contributed by atoms with van der Waals surface area (Å²) in [6.45, 7) is 6.29. The molecule has 0 saturated carbocycles. The Morgan fingerprint density at radius 3 is 2.61 bits per heavy atom. The van der Waals surface area contributed by atoms with Crippen LogP contribution in [-0.2, 0) is 6.54 Å². The number of amides is 2. The molecule has 4 aromatic rings. The van der Waals surface area contributed by atoms with E-state index in [0.717, 1.165) is 30.0 Å². The molecule has 8 nitrogen and oxygen atoms in total. The van der Waals surface area contributed by atoms with Gasteiger partial charge in [-0.25, -0.2) is 0 Å². The summed E-state index contributed by atoms with van der Waals surface area (Å²) in [6, 6.07) is 23.9. The molecule has 1 fully saturated rings. The summed E-state index contributed by atoms with van der Waals surface area (Å²) in [5.41, 5.74) is 4.14. The predicted molar refractivity (Wildman–Crippen MR) is 161 cm³/mol. The molecule has 4 heterocycles. The molecule has 0 radical (unpaired) electrons. The van der Waals surface area contributed by atoms with Crippen LogP contribution in [0.3, 0.4) is 0 Å². The van der Waals surface area contributed by atoms with Crippen LogP contribution in [-0.4, -0.2) is 41.0 Å². The maximum Gasteiger partial charge on any atom is 0.258 e. The van der Waals surface area contributed by atoms with Crippen LogP contribution in [0.15, 0.2) is 109 Å². The van der Waals surface area contributed by atoms with Crippen molar-refractivity contribution in [2.24, 2.45) is 5.92 Å². The highest BCUT2D eigenvalue weighted by Gasteiger charge is 2.35. The minimum Gasteiger partial charge on any atom is -0.369 e. The Balaban J connectivity index is 1.36. The third-order valence-electron chi connectivity index (χ3n) is 7.86. The predicted octanol–water partition coefficient (Wildman–Crippen LogP) is 4.95. The second kappa shape index (κ2) is 11.3. The van der Waals surface area contributed by atoms with E-state index in [1.54, 1.807) is 41.4 Å². The van der Waals surface area contributed by atoms with Crippen molar-refractivity contribution in [2.75, 3.05) is 34.8 Å². The van der Waals surface area contributed by atoms with Crippen molar-refractivity contribution in [3.05, 3.63) is 131 Å². The van der Waals surface area contributed by atoms with Gasteiger partial charge < -0.3 is 19.7 Å². The third kappa shape index (κ3) is 5.28. The fourth-order valence-corrected chi connectivity index (χ4v) is 6.03. The van der Waals surface area contributed by atoms with Crippen molar-refractivity contribution < 1.29 is 9.59 Å². The minimum atomic E-state index is -0.302. The summed E-state index contributed by atoms with van der Waals surface area (Å²) < 4.78 is 1.90. The van der Waals surface area contributed by atoms with E-state index in [4.69, 9.17) is 0 Å². The Bertz CT molecular complexity index is 1650. The zero-order chi connectivity index (χ0) is 28.3. The second-order valence-corrected chi connectivity index (χ2v) is 10.6. The molecular weight excluding hydrogens is 514 g/mol. The molecule has 2 aromatic heterocycles. The first kappa shape index (κ1) is 26.3. The minimum absolute atomic E-state index is 0.0421. The summed E-state index contributed by atoms with van der Waals surface area (Å²) in [6.07, 6.45) is 5.85. The van der Waals surface area contributed by atoms with Gasteiger partial charge in [-0.1, -0.05) is 30.3 Å². The molecule has 2 bridgehead atoms. The van der Waals surface area contributed by atoms with Crippen molar-refractivity contribution >= 4 is 28.9 Å². The number of piperidine rings is 1. The van der Waals surface area contributed by atoms with Crippen LogP contribution in [0.25, 0.3) is 0 Å². The molecule has 1 saturated heterocycles. The van der Waals surface area contributed by atoms with E-state index < -0.39 is 0 Å². The zero-order valence-electron chi connectivity index (χ0n) is 22.6. The lowest BCUT2D eigenvalue weighted by atomic mass is 9.83. The van der Waals surface area contributed by atoms with Gasteiger partial charge in [0.05, 0.1) is 16.9 Å². The zero-order valence-corrected chi connectivity index (χ0v) is 22.6. The summed E-state index contributed by atoms with van der Waals surface area (Å²) in [4.78, 5) is 47.6. The highest BCUT2D eigenvalue weighted by molar-refractivity contribution is 6.10. The van der Waals surface area contributed by atoms with E-state index in [0.29, 0.717) is 42.4 Å². The molecule has 0 aliphatic carbocycles. The Morgan fingerprint density at radius 1 is 0.976 bits per heavy atom. The van der Waals surface area contributed by atoms with Crippen LogP contribution in [0, 0.1) is 5.92 Å². The number of benzene rings is 2. The Hall–Kier alpha value is -4.98. The first-order chi connectivity index (χ1) is 20.0. The lowest BCUT2D eigenvalue weighted by molar-refractivity contribution is 0.0987. The van der Waals surface area contributed by atoms with Gasteiger partial charge in [0, 0.05) is 67.5 Å². The monoisotopic (exact) mass is 545 g/mol. The summed E-state index contributed by atoms with van der Waals surface area (Å²) in [7, 11) is 0. The van der Waals surface area contributed by atoms with Crippen LogP contribution in [0.5, 0.6) is 0 Å². The number of pyridine rings is 2. The molecule has 2 aliphatic heterocycles. The van der Waals surface area contributed by atoms with E-state index in [-0.39, 0.29) is 23.3 Å². The maximum absolute atomic E-state index is 13.8. The lowest BCUT2D eigenvalue weighted by Crippen LogP contribution is -2.47. The van der Waals surface area contributed by atoms with Crippen molar-refractivity contribution in [3.63, 3.8) is 0 Å². The van der Waals surface area contributed by atoms with E-state index in [2.05, 4.69) is 21.8 Å². The number of nitrogens with one attached hydrogen (secondary N) is 1. The molecule has 2 unspecified atom stereocenters. The van der Waals surface area contributed by atoms with Gasteiger partial charge in [0.15, 0.2) is 0 Å². The first-order valence-electron chi connectivity index (χ1n) is 13.8. The molecule has 6 rings (SSSR count). The number of hydrogen-bond acceptors (Lipinski definition) is 5. The largest absolute Gasteiger partial charge is 0.369 e. The lowest BCUT2D eigenvalue weighted by Gasteiger charge is -2.44. The molecule has 2 aliphatic rings. The van der Waals surface area contributed by atoms with Crippen molar-refractivity contribution in [1.29, 1.82) is 0 Å². The average molecular weight is 546 g/mol. The number of nitrogens with zero attached hydrogens (tertiary/aromatic N) is 4. The van der Waals surface area contributed by atoms with Gasteiger partial charge in [-0.15, -0.1) is 6.58 Å². The van der Waals surface area contributed by atoms with Gasteiger partial charge in [-0.3, -0.25) is 19.4 Å². The van der Waals surface area contributed by atoms with E-state index in [9.17, 15) is 14.4 Å². The van der Waals surface area contributed by atoms with Gasteiger partial charge in [0.25, 0.3) is 17.4 Å². The molecular formula is C33H31N5O3. The van der Waals surface area contributed by atoms with Crippen LogP contribution < -0.4 is 20.7 Å². The smallest absolute Gasteiger partial charge is 0.258 e. The highest BCUT2D eigenvalue weighted by Crippen LogP contribution is 2.39. The molecule has 8 heteroatoms. The maximum atomic E-state index is 13.8. The standard InChI is InChI=1S/C33H31N5O3/c1-2-16-37(27-9-4-3-5-10-27)33(41)24-13-14-30(28(18-24)35-32(40)25-8-7-15-34-19-25)36-20-23-17-26(22-36)29-11-6-12-31(39)38(29)21-23/h2-15,18-19,23,26H,1,16-17,20-22H2,(H,35,40). The summed E-state index contributed by atoms with van der Waals surface area (Å²) >= 11 is 0. The Morgan fingerprint density at radius 2 is 1.83 bits per heavy atom. The first-order valence-corrected chi connectivity index (χ1v) is 13.8. The molecule has 41 heavy (non-hydrogen) atoms. The van der Waals surface area contributed by atoms with E-state index in [1.165, 1.54) is 6.20 Å². The summed E-state index contributed by atoms with van der Waals surface area (Å²) in [5.74, 6) is -0.00107. The number of rotatable bonds is 7. The number of carbonyl (C=O) groups is 2. The quantitative estimate of drug-likeness (QED) is 0.332. The second-order valence-electron chi connectivity index (χ2n) is 10.6. The van der Waals surface area contributed by atoms with Gasteiger partial charge in [0.1, 0.15) is 0 Å². The van der Waals surface area contributed by atoms with Gasteiger partial charge in [0.2, 0.25) is 0 Å². The number of anilines is 3. The van der Waals surface area contributed by atoms with Gasteiger partial charge in [-0.05, 0) is 60.9 Å². The van der Waals surface area contributed by atoms with E-state index in [1.807, 2.05) is 59.2 Å². The van der Waals surface area contributed by atoms with Crippen LogP contribution >= 0.6 is 0 Å². The highest BCUT2D eigenvalue weighted by atomic mass is 16.2. The van der Waals surface area contributed by atoms with Crippen LogP contribution in [0.1, 0.15) is 38.7 Å². The molecule has 2 amide bonds. The van der Waals surface area contributed by atoms with Gasteiger partial charge >= 0.3 is 0 Å². The van der Waals surface area contributed by atoms with Crippen LogP contribution in [0.4, 0.5) is 17.1 Å². The molecule has 1 N–H and O–H groups in total. The van der Waals surface area contributed by atoms with E-state index >= 15 is 0 Å². The van der Waals surface area contributed by atoms with Crippen molar-refractivity contribution in [2.45, 2.75) is 18.9 Å². The fraction of sp³-hybridized carbons (Fsp3) is 0.212. The molecule has 206 valence electrons. The fourth-order valence-electron chi connectivity index (χ4n) is 6.03. The topological polar surface area (TPSA) is 87.5 Å². The number of fused-ring (bicyclic) bond motifs is 4. The Labute approximate surface area is 238 Å². The number of carbonyl (C=O) groups excluding carboxylic acids is 2. The van der Waals surface area contributed by atoms with Crippen LogP contribution in [0.2, 0.25) is 0 Å². The number of para-hydroxylation sites is 1. The Kier molecular flexibility index (Phi) is 7.20. The SMILES string of the molecule is C=CCN(C(=O)c1ccc(N2CC3CC(C2)c2cccc(=O)n2C3)c(NC(=O)c2cccnc2)c1)c1ccccc1. The molecule has 2 aromatic carbocycles. The van der Waals surface area contributed by atoms with Crippen molar-refractivity contribution in [1.82, 2.24) is 9.55 Å². The number of hydrogen-bond donors (Lipinski definition) is 1. The van der Waals surface area contributed by atoms with Gasteiger partial charge in [-0.2, -0.15) is 0 Å². The number of aromatic nitrogens is 2. The third-order valence-corrected chi connectivity index (χ3v) is 7.86. The molecule has 0 spiro atoms. The molecule has 2 atom stereocenters. The normalized spacial score (nSPS) is 17.3. The van der Waals surface area contributed by atoms with Crippen molar-refractivity contribution in [3.8, 4) is 0 Å². The average Bonchev–Trinajstić information content (AvgIpc) is 3.01. The summed E-state index contributed by atoms with van der Waals surface area (Å²) in [5, 5.41) is 3.06.